The number of nitrogens with one attached hydrogen (secondary N) is 3. The zero-order valence-corrected chi connectivity index (χ0v) is 13.4. The van der Waals surface area contributed by atoms with E-state index in [0.29, 0.717) is 5.00 Å². The van der Waals surface area contributed by atoms with E-state index >= 15 is 0 Å². The number of hydrogen-bond acceptors (Lipinski definition) is 5. The van der Waals surface area contributed by atoms with Crippen LogP contribution < -0.4 is 16.4 Å². The van der Waals surface area contributed by atoms with Gasteiger partial charge in [-0.05, 0) is 32.9 Å². The summed E-state index contributed by atoms with van der Waals surface area (Å²) in [7, 11) is 0. The van der Waals surface area contributed by atoms with Gasteiger partial charge >= 0.3 is 12.1 Å². The van der Waals surface area contributed by atoms with Crippen LogP contribution in [0.3, 0.4) is 0 Å². The predicted molar refractivity (Wildman–Crippen MR) is 84.4 cm³/mol. The molecule has 0 bridgehead atoms. The Kier molecular flexibility index (Phi) is 5.75. The molecule has 0 fully saturated rings. The third-order valence-corrected chi connectivity index (χ3v) is 3.34. The van der Waals surface area contributed by atoms with Crippen molar-refractivity contribution in [2.45, 2.75) is 38.8 Å². The summed E-state index contributed by atoms with van der Waals surface area (Å²) in [5.41, 5.74) is 4.52. The molecule has 1 rings (SSSR count). The second kappa shape index (κ2) is 7.12. The second-order valence-electron chi connectivity index (χ2n) is 5.55. The van der Waals surface area contributed by atoms with Gasteiger partial charge < -0.3 is 26.2 Å². The largest absolute Gasteiger partial charge is 0.480 e. The molecule has 0 saturated carbocycles. The molecule has 1 aromatic rings. The highest BCUT2D eigenvalue weighted by atomic mass is 32.1. The van der Waals surface area contributed by atoms with Crippen LogP contribution in [0.25, 0.3) is 0 Å². The molecule has 0 aliphatic heterocycles. The van der Waals surface area contributed by atoms with Gasteiger partial charge in [0.2, 0.25) is 0 Å². The van der Waals surface area contributed by atoms with Crippen molar-refractivity contribution in [2.24, 2.45) is 5.73 Å². The number of hydrogen-bond donors (Lipinski definition) is 5. The maximum absolute atomic E-state index is 11.7. The molecule has 0 aliphatic carbocycles. The van der Waals surface area contributed by atoms with Gasteiger partial charge in [0.1, 0.15) is 11.6 Å². The number of amides is 1. The van der Waals surface area contributed by atoms with Gasteiger partial charge in [-0.15, -0.1) is 11.3 Å². The maximum Gasteiger partial charge on any atom is 0.408 e. The minimum Gasteiger partial charge on any atom is -0.480 e. The highest BCUT2D eigenvalue weighted by Gasteiger charge is 2.24. The van der Waals surface area contributed by atoms with Crippen molar-refractivity contribution in [1.82, 2.24) is 5.32 Å². The van der Waals surface area contributed by atoms with Crippen LogP contribution >= 0.6 is 11.3 Å². The number of aliphatic carboxylic acids is 1. The summed E-state index contributed by atoms with van der Waals surface area (Å²) >= 11 is 1.26. The fourth-order valence-corrected chi connectivity index (χ4v) is 2.50. The zero-order chi connectivity index (χ0) is 16.9. The molecule has 122 valence electrons. The third kappa shape index (κ3) is 6.44. The Morgan fingerprint density at radius 2 is 2.09 bits per heavy atom. The summed E-state index contributed by atoms with van der Waals surface area (Å²) in [6.45, 7) is 5.09. The minimum atomic E-state index is -1.15. The average molecular weight is 328 g/mol. The number of carbonyl (C=O) groups excluding carboxylic acids is 1. The van der Waals surface area contributed by atoms with Crippen LogP contribution in [0.2, 0.25) is 0 Å². The smallest absolute Gasteiger partial charge is 0.408 e. The van der Waals surface area contributed by atoms with Gasteiger partial charge in [-0.1, -0.05) is 0 Å². The lowest BCUT2D eigenvalue weighted by molar-refractivity contribution is -0.139. The van der Waals surface area contributed by atoms with Gasteiger partial charge in [0.25, 0.3) is 0 Å². The van der Waals surface area contributed by atoms with Crippen LogP contribution in [0.1, 0.15) is 25.6 Å². The number of guanidine groups is 1. The van der Waals surface area contributed by atoms with Crippen LogP contribution in [-0.2, 0) is 16.0 Å². The van der Waals surface area contributed by atoms with Crippen molar-refractivity contribution in [2.75, 3.05) is 5.32 Å². The lowest BCUT2D eigenvalue weighted by atomic mass is 10.2. The number of nitrogens with two attached hydrogens (primary N) is 1. The number of rotatable bonds is 5. The van der Waals surface area contributed by atoms with E-state index in [1.54, 1.807) is 32.9 Å². The molecule has 0 radical (unpaired) electrons. The van der Waals surface area contributed by atoms with Gasteiger partial charge in [0.15, 0.2) is 5.96 Å². The van der Waals surface area contributed by atoms with Crippen LogP contribution in [0.4, 0.5) is 9.80 Å². The summed E-state index contributed by atoms with van der Waals surface area (Å²) < 4.78 is 5.05. The van der Waals surface area contributed by atoms with Crippen LogP contribution in [0.15, 0.2) is 12.1 Å². The first-order chi connectivity index (χ1) is 10.1. The molecular weight excluding hydrogens is 308 g/mol. The molecule has 8 nitrogen and oxygen atoms in total. The number of carboxylic acid groups (broad SMARTS) is 1. The standard InChI is InChI=1S/C13H20N4O4S/c1-13(2,3)21-12(20)16-8(10(18)19)6-7-4-5-9(22-7)17-11(14)15/h4-5,8H,6H2,1-3H3,(H,16,20)(H,18,19)(H4,14,15,17). The molecule has 0 aromatic carbocycles. The lowest BCUT2D eigenvalue weighted by Crippen LogP contribution is -2.44. The maximum atomic E-state index is 11.7. The fraction of sp³-hybridized carbons (Fsp3) is 0.462. The molecule has 0 aliphatic rings. The monoisotopic (exact) mass is 328 g/mol. The van der Waals surface area contributed by atoms with Gasteiger partial charge in [-0.25, -0.2) is 9.59 Å². The van der Waals surface area contributed by atoms with Crippen molar-refractivity contribution in [3.05, 3.63) is 17.0 Å². The van der Waals surface area contributed by atoms with Crippen LogP contribution in [0, 0.1) is 5.41 Å². The molecular formula is C13H20N4O4S. The van der Waals surface area contributed by atoms with Gasteiger partial charge in [0, 0.05) is 11.3 Å². The summed E-state index contributed by atoms with van der Waals surface area (Å²) in [5.74, 6) is -1.35. The number of anilines is 1. The Balaban J connectivity index is 2.68. The van der Waals surface area contributed by atoms with E-state index < -0.39 is 23.7 Å². The molecule has 1 amide bonds. The zero-order valence-electron chi connectivity index (χ0n) is 12.6. The Hall–Kier alpha value is -2.29. The number of carbonyl (C=O) groups is 2. The lowest BCUT2D eigenvalue weighted by Gasteiger charge is -2.21. The molecule has 1 heterocycles. The molecule has 9 heteroatoms. The number of ether oxygens (including phenoxy) is 1. The van der Waals surface area contributed by atoms with Crippen LogP contribution in [0.5, 0.6) is 0 Å². The first-order valence-electron chi connectivity index (χ1n) is 6.49. The number of carboxylic acids is 1. The fourth-order valence-electron chi connectivity index (χ4n) is 1.54. The quantitative estimate of drug-likeness (QED) is 0.411. The third-order valence-electron chi connectivity index (χ3n) is 2.31. The van der Waals surface area contributed by atoms with Crippen molar-refractivity contribution < 1.29 is 19.4 Å². The Morgan fingerprint density at radius 1 is 1.45 bits per heavy atom. The Morgan fingerprint density at radius 3 is 2.59 bits per heavy atom. The normalized spacial score (nSPS) is 12.3. The number of alkyl carbamates (subject to hydrolysis) is 1. The molecule has 1 aromatic heterocycles. The summed E-state index contributed by atoms with van der Waals surface area (Å²) in [6, 6.07) is 2.30. The van der Waals surface area contributed by atoms with E-state index in [9.17, 15) is 14.7 Å². The summed E-state index contributed by atoms with van der Waals surface area (Å²) in [6.07, 6.45) is -0.669. The highest BCUT2D eigenvalue weighted by Crippen LogP contribution is 2.23. The SMILES string of the molecule is CC(C)(C)OC(=O)NC(Cc1ccc(NC(=N)N)s1)C(=O)O. The average Bonchev–Trinajstić information content (AvgIpc) is 2.71. The summed E-state index contributed by atoms with van der Waals surface area (Å²) in [5, 5.41) is 21.9. The molecule has 22 heavy (non-hydrogen) atoms. The first-order valence-corrected chi connectivity index (χ1v) is 7.30. The van der Waals surface area contributed by atoms with E-state index in [2.05, 4.69) is 10.6 Å². The van der Waals surface area contributed by atoms with Crippen molar-refractivity contribution in [3.8, 4) is 0 Å². The van der Waals surface area contributed by atoms with E-state index in [1.165, 1.54) is 11.3 Å². The molecule has 6 N–H and O–H groups in total. The van der Waals surface area contributed by atoms with Gasteiger partial charge in [-0.3, -0.25) is 5.41 Å². The number of thiophene rings is 1. The Bertz CT molecular complexity index is 565. The van der Waals surface area contributed by atoms with Crippen molar-refractivity contribution >= 4 is 34.4 Å². The summed E-state index contributed by atoms with van der Waals surface area (Å²) in [4.78, 5) is 23.6. The van der Waals surface area contributed by atoms with Crippen molar-refractivity contribution in [3.63, 3.8) is 0 Å². The molecule has 1 atom stereocenters. The molecule has 1 unspecified atom stereocenters. The van der Waals surface area contributed by atoms with E-state index in [0.717, 1.165) is 4.88 Å². The minimum absolute atomic E-state index is 0.110. The molecule has 0 spiro atoms. The van der Waals surface area contributed by atoms with Crippen LogP contribution in [-0.4, -0.2) is 34.8 Å². The topological polar surface area (TPSA) is 138 Å². The van der Waals surface area contributed by atoms with E-state index in [-0.39, 0.29) is 12.4 Å². The van der Waals surface area contributed by atoms with E-state index in [1.807, 2.05) is 0 Å². The first kappa shape index (κ1) is 17.8. The second-order valence-corrected chi connectivity index (χ2v) is 6.71. The Labute approximate surface area is 132 Å². The van der Waals surface area contributed by atoms with E-state index in [4.69, 9.17) is 15.9 Å². The predicted octanol–water partition coefficient (Wildman–Crippen LogP) is 1.57. The van der Waals surface area contributed by atoms with Gasteiger partial charge in [-0.2, -0.15) is 0 Å². The van der Waals surface area contributed by atoms with Gasteiger partial charge in [0.05, 0.1) is 5.00 Å². The highest BCUT2D eigenvalue weighted by molar-refractivity contribution is 7.16. The van der Waals surface area contributed by atoms with Crippen molar-refractivity contribution in [1.29, 1.82) is 5.41 Å². The molecule has 0 saturated heterocycles.